The number of aryl methyl sites for hydroxylation is 1. The molecule has 3 heterocycles. The van der Waals surface area contributed by atoms with E-state index >= 15 is 0 Å². The van der Waals surface area contributed by atoms with Gasteiger partial charge < -0.3 is 14.7 Å². The molecule has 1 aliphatic rings. The van der Waals surface area contributed by atoms with Crippen molar-refractivity contribution in [3.8, 4) is 11.3 Å². The number of benzene rings is 3. The van der Waals surface area contributed by atoms with E-state index in [1.54, 1.807) is 6.92 Å². The Morgan fingerprint density at radius 3 is 2.16 bits per heavy atom. The number of piperidine rings is 1. The number of carbonyl (C=O) groups excluding carboxylic acids is 2. The predicted molar refractivity (Wildman–Crippen MR) is 168 cm³/mol. The van der Waals surface area contributed by atoms with Crippen LogP contribution in [-0.4, -0.2) is 46.5 Å². The average molecular weight is 591 g/mol. The fourth-order valence-electron chi connectivity index (χ4n) is 5.80. The highest BCUT2D eigenvalue weighted by Gasteiger charge is 2.31. The summed E-state index contributed by atoms with van der Waals surface area (Å²) < 4.78 is 5.42. The monoisotopic (exact) mass is 590 g/mol. The van der Waals surface area contributed by atoms with Crippen molar-refractivity contribution in [1.82, 2.24) is 20.4 Å². The molecule has 0 saturated carbocycles. The van der Waals surface area contributed by atoms with Crippen molar-refractivity contribution < 1.29 is 14.1 Å². The largest absolute Gasteiger partial charge is 0.360 e. The van der Waals surface area contributed by atoms with Crippen LogP contribution in [0.15, 0.2) is 101 Å². The van der Waals surface area contributed by atoms with Gasteiger partial charge in [0.2, 0.25) is 0 Å². The van der Waals surface area contributed by atoms with Gasteiger partial charge in [-0.3, -0.25) is 9.59 Å². The third kappa shape index (κ3) is 6.44. The Morgan fingerprint density at radius 1 is 0.930 bits per heavy atom. The molecule has 218 valence electrons. The van der Waals surface area contributed by atoms with Gasteiger partial charge in [-0.1, -0.05) is 96.2 Å². The highest BCUT2D eigenvalue weighted by Crippen LogP contribution is 2.33. The third-order valence-electron chi connectivity index (χ3n) is 8.13. The van der Waals surface area contributed by atoms with Gasteiger partial charge in [0.1, 0.15) is 22.7 Å². The molecule has 1 N–H and O–H groups in total. The molecule has 0 atom stereocenters. The zero-order chi connectivity index (χ0) is 29.6. The van der Waals surface area contributed by atoms with Crippen LogP contribution in [-0.2, 0) is 0 Å². The molecular formula is C35H34N4O3S. The van der Waals surface area contributed by atoms with Crippen LogP contribution in [0.1, 0.15) is 73.8 Å². The minimum absolute atomic E-state index is 0.0560. The molecule has 7 nitrogen and oxygen atoms in total. The zero-order valence-electron chi connectivity index (χ0n) is 24.1. The second kappa shape index (κ2) is 13.2. The van der Waals surface area contributed by atoms with E-state index in [-0.39, 0.29) is 23.7 Å². The van der Waals surface area contributed by atoms with E-state index in [4.69, 9.17) is 9.51 Å². The SMILES string of the molecule is Cc1onc(-c2ccccc2)c1C(=O)N1CCC(c2nc(C(=O)NCCC(c3ccccc3)c3ccccc3)cs2)CC1. The first kappa shape index (κ1) is 28.6. The summed E-state index contributed by atoms with van der Waals surface area (Å²) in [5, 5.41) is 10.1. The first-order valence-electron chi connectivity index (χ1n) is 14.7. The molecule has 43 heavy (non-hydrogen) atoms. The van der Waals surface area contributed by atoms with Gasteiger partial charge in [-0.25, -0.2) is 4.98 Å². The Labute approximate surface area is 255 Å². The first-order chi connectivity index (χ1) is 21.1. The number of carbonyl (C=O) groups is 2. The number of thiazole rings is 1. The number of rotatable bonds is 9. The number of amides is 2. The Balaban J connectivity index is 1.04. The molecule has 3 aromatic carbocycles. The van der Waals surface area contributed by atoms with Gasteiger partial charge in [-0.05, 0) is 37.3 Å². The highest BCUT2D eigenvalue weighted by molar-refractivity contribution is 7.09. The predicted octanol–water partition coefficient (Wildman–Crippen LogP) is 7.08. The Hall–Kier alpha value is -4.56. The first-order valence-corrected chi connectivity index (χ1v) is 15.6. The number of likely N-dealkylation sites (tertiary alicyclic amines) is 1. The molecule has 2 aromatic heterocycles. The smallest absolute Gasteiger partial charge is 0.270 e. The summed E-state index contributed by atoms with van der Waals surface area (Å²) in [5.74, 6) is 0.742. The van der Waals surface area contributed by atoms with Gasteiger partial charge in [-0.2, -0.15) is 0 Å². The number of hydrogen-bond donors (Lipinski definition) is 1. The van der Waals surface area contributed by atoms with Crippen molar-refractivity contribution in [3.05, 3.63) is 130 Å². The lowest BCUT2D eigenvalue weighted by Gasteiger charge is -2.31. The number of nitrogens with one attached hydrogen (secondary N) is 1. The molecule has 0 unspecified atom stereocenters. The topological polar surface area (TPSA) is 88.3 Å². The molecule has 1 saturated heterocycles. The van der Waals surface area contributed by atoms with Crippen molar-refractivity contribution in [2.75, 3.05) is 19.6 Å². The Kier molecular flexibility index (Phi) is 8.75. The highest BCUT2D eigenvalue weighted by atomic mass is 32.1. The van der Waals surface area contributed by atoms with Crippen molar-refractivity contribution in [1.29, 1.82) is 0 Å². The number of aromatic nitrogens is 2. The van der Waals surface area contributed by atoms with E-state index in [9.17, 15) is 9.59 Å². The van der Waals surface area contributed by atoms with Crippen LogP contribution in [0.5, 0.6) is 0 Å². The molecule has 1 aliphatic heterocycles. The van der Waals surface area contributed by atoms with Crippen LogP contribution in [0.25, 0.3) is 11.3 Å². The van der Waals surface area contributed by atoms with Gasteiger partial charge in [0, 0.05) is 42.4 Å². The fourth-order valence-corrected chi connectivity index (χ4v) is 6.77. The summed E-state index contributed by atoms with van der Waals surface area (Å²) in [7, 11) is 0. The normalized spacial score (nSPS) is 13.8. The van der Waals surface area contributed by atoms with Gasteiger partial charge in [0.15, 0.2) is 0 Å². The summed E-state index contributed by atoms with van der Waals surface area (Å²) in [6, 6.07) is 30.5. The summed E-state index contributed by atoms with van der Waals surface area (Å²) in [4.78, 5) is 33.1. The number of hydrogen-bond acceptors (Lipinski definition) is 6. The van der Waals surface area contributed by atoms with Crippen molar-refractivity contribution >= 4 is 23.2 Å². The molecule has 5 aromatic rings. The van der Waals surface area contributed by atoms with Crippen molar-refractivity contribution in [3.63, 3.8) is 0 Å². The van der Waals surface area contributed by atoms with Crippen LogP contribution in [0.2, 0.25) is 0 Å². The molecular weight excluding hydrogens is 556 g/mol. The standard InChI is InChI=1S/C35H34N4O3S/c1-24-31(32(38-42-24)27-15-9-4-10-16-27)35(41)39-21-18-28(19-22-39)34-37-30(23-43-34)33(40)36-20-17-29(25-11-5-2-6-12-25)26-13-7-3-8-14-26/h2-16,23,28-29H,17-22H2,1H3,(H,36,40). The van der Waals surface area contributed by atoms with Crippen LogP contribution in [0.3, 0.4) is 0 Å². The molecule has 0 bridgehead atoms. The summed E-state index contributed by atoms with van der Waals surface area (Å²) in [6.45, 7) is 3.56. The molecule has 6 rings (SSSR count). The van der Waals surface area contributed by atoms with Crippen LogP contribution in [0, 0.1) is 6.92 Å². The maximum absolute atomic E-state index is 13.5. The van der Waals surface area contributed by atoms with Gasteiger partial charge in [-0.15, -0.1) is 11.3 Å². The Bertz CT molecular complexity index is 1620. The molecule has 2 amide bonds. The van der Waals surface area contributed by atoms with Crippen molar-refractivity contribution in [2.45, 2.75) is 38.0 Å². The lowest BCUT2D eigenvalue weighted by Crippen LogP contribution is -2.38. The minimum atomic E-state index is -0.147. The van der Waals surface area contributed by atoms with E-state index < -0.39 is 0 Å². The molecule has 8 heteroatoms. The lowest BCUT2D eigenvalue weighted by molar-refractivity contribution is 0.0711. The molecule has 1 fully saturated rings. The summed E-state index contributed by atoms with van der Waals surface area (Å²) in [6.07, 6.45) is 2.38. The van der Waals surface area contributed by atoms with E-state index in [1.165, 1.54) is 22.5 Å². The third-order valence-corrected chi connectivity index (χ3v) is 9.14. The van der Waals surface area contributed by atoms with Gasteiger partial charge in [0.25, 0.3) is 11.8 Å². The van der Waals surface area contributed by atoms with Gasteiger partial charge in [0.05, 0.1) is 5.01 Å². The van der Waals surface area contributed by atoms with Crippen LogP contribution >= 0.6 is 11.3 Å². The fraction of sp³-hybridized carbons (Fsp3) is 0.257. The number of nitrogens with zero attached hydrogens (tertiary/aromatic N) is 3. The second-order valence-electron chi connectivity index (χ2n) is 10.9. The molecule has 0 radical (unpaired) electrons. The van der Waals surface area contributed by atoms with E-state index in [0.29, 0.717) is 42.3 Å². The molecule has 0 aliphatic carbocycles. The van der Waals surface area contributed by atoms with Crippen LogP contribution < -0.4 is 5.32 Å². The Morgan fingerprint density at radius 2 is 1.53 bits per heavy atom. The lowest BCUT2D eigenvalue weighted by atomic mass is 9.88. The van der Waals surface area contributed by atoms with E-state index in [0.717, 1.165) is 29.8 Å². The van der Waals surface area contributed by atoms with E-state index in [1.807, 2.05) is 52.7 Å². The quantitative estimate of drug-likeness (QED) is 0.198. The summed E-state index contributed by atoms with van der Waals surface area (Å²) >= 11 is 1.53. The van der Waals surface area contributed by atoms with E-state index in [2.05, 4.69) is 59.0 Å². The summed E-state index contributed by atoms with van der Waals surface area (Å²) in [5.41, 5.74) is 4.90. The van der Waals surface area contributed by atoms with Crippen molar-refractivity contribution in [2.24, 2.45) is 0 Å². The van der Waals surface area contributed by atoms with Gasteiger partial charge >= 0.3 is 0 Å². The zero-order valence-corrected chi connectivity index (χ0v) is 24.9. The molecule has 0 spiro atoms. The van der Waals surface area contributed by atoms with Crippen LogP contribution in [0.4, 0.5) is 0 Å². The average Bonchev–Trinajstić information content (AvgIpc) is 3.72. The minimum Gasteiger partial charge on any atom is -0.360 e. The second-order valence-corrected chi connectivity index (χ2v) is 11.8. The maximum Gasteiger partial charge on any atom is 0.270 e. The maximum atomic E-state index is 13.5.